The lowest BCUT2D eigenvalue weighted by molar-refractivity contribution is -0.137. The number of halogens is 3. The van der Waals surface area contributed by atoms with E-state index in [0.717, 1.165) is 28.3 Å². The fraction of sp³-hybridized carbons (Fsp3) is 0.286. The van der Waals surface area contributed by atoms with Crippen LogP contribution in [0.4, 0.5) is 18.9 Å². The molecular weight excluding hydrogens is 317 g/mol. The highest BCUT2D eigenvalue weighted by molar-refractivity contribution is 7.09. The first-order valence-electron chi connectivity index (χ1n) is 6.32. The minimum atomic E-state index is -4.42. The van der Waals surface area contributed by atoms with Crippen molar-refractivity contribution in [3.05, 3.63) is 50.1 Å². The standard InChI is InChI=1S/C14H13F3N2O2S/c1-8-9(2)22-13(21)19(8)7-12(20)18-11-5-3-10(4-6-11)14(15,16)17/h3-6H,7H2,1-2H3,(H,18,20). The number of rotatable bonds is 3. The quantitative estimate of drug-likeness (QED) is 0.940. The Morgan fingerprint density at radius 1 is 1.23 bits per heavy atom. The van der Waals surface area contributed by atoms with Crippen LogP contribution in [0.15, 0.2) is 29.1 Å². The molecule has 1 N–H and O–H groups in total. The number of nitrogens with one attached hydrogen (secondary N) is 1. The summed E-state index contributed by atoms with van der Waals surface area (Å²) in [5.74, 6) is -0.470. The number of aromatic nitrogens is 1. The van der Waals surface area contributed by atoms with E-state index in [9.17, 15) is 22.8 Å². The van der Waals surface area contributed by atoms with E-state index >= 15 is 0 Å². The smallest absolute Gasteiger partial charge is 0.325 e. The van der Waals surface area contributed by atoms with E-state index in [1.807, 2.05) is 0 Å². The molecule has 0 saturated carbocycles. The molecule has 1 aromatic carbocycles. The third-order valence-corrected chi connectivity index (χ3v) is 4.17. The Morgan fingerprint density at radius 2 is 1.82 bits per heavy atom. The van der Waals surface area contributed by atoms with Gasteiger partial charge in [-0.15, -0.1) is 0 Å². The van der Waals surface area contributed by atoms with Gasteiger partial charge in [0, 0.05) is 16.3 Å². The Hall–Kier alpha value is -2.09. The Balaban J connectivity index is 2.08. The first-order chi connectivity index (χ1) is 10.2. The second-order valence-corrected chi connectivity index (χ2v) is 5.88. The first kappa shape index (κ1) is 16.3. The predicted molar refractivity (Wildman–Crippen MR) is 78.1 cm³/mol. The summed E-state index contributed by atoms with van der Waals surface area (Å²) in [5.41, 5.74) is 0.166. The lowest BCUT2D eigenvalue weighted by atomic mass is 10.2. The van der Waals surface area contributed by atoms with Gasteiger partial charge in [-0.3, -0.25) is 14.2 Å². The second-order valence-electron chi connectivity index (χ2n) is 4.72. The molecule has 0 aliphatic heterocycles. The number of anilines is 1. The van der Waals surface area contributed by atoms with Crippen molar-refractivity contribution in [3.8, 4) is 0 Å². The van der Waals surface area contributed by atoms with E-state index in [1.54, 1.807) is 13.8 Å². The van der Waals surface area contributed by atoms with Crippen molar-refractivity contribution < 1.29 is 18.0 Å². The number of carbonyl (C=O) groups excluding carboxylic acids is 1. The van der Waals surface area contributed by atoms with Crippen LogP contribution < -0.4 is 10.2 Å². The highest BCUT2D eigenvalue weighted by Gasteiger charge is 2.29. The molecule has 0 spiro atoms. The van der Waals surface area contributed by atoms with Gasteiger partial charge in [-0.25, -0.2) is 0 Å². The third kappa shape index (κ3) is 3.56. The molecule has 0 bridgehead atoms. The average molecular weight is 330 g/mol. The molecule has 2 aromatic rings. The number of hydrogen-bond acceptors (Lipinski definition) is 3. The lowest BCUT2D eigenvalue weighted by Gasteiger charge is -2.09. The Morgan fingerprint density at radius 3 is 2.27 bits per heavy atom. The highest BCUT2D eigenvalue weighted by Crippen LogP contribution is 2.29. The van der Waals surface area contributed by atoms with Gasteiger partial charge in [0.2, 0.25) is 5.91 Å². The van der Waals surface area contributed by atoms with E-state index in [2.05, 4.69) is 5.32 Å². The van der Waals surface area contributed by atoms with E-state index < -0.39 is 17.6 Å². The van der Waals surface area contributed by atoms with Crippen molar-refractivity contribution in [3.63, 3.8) is 0 Å². The molecule has 0 fully saturated rings. The van der Waals surface area contributed by atoms with Crippen molar-refractivity contribution in [1.82, 2.24) is 4.57 Å². The molecule has 0 aliphatic rings. The number of amides is 1. The normalized spacial score (nSPS) is 11.5. The minimum Gasteiger partial charge on any atom is -0.325 e. The van der Waals surface area contributed by atoms with Gasteiger partial charge in [0.15, 0.2) is 0 Å². The van der Waals surface area contributed by atoms with Crippen LogP contribution in [0.5, 0.6) is 0 Å². The monoisotopic (exact) mass is 330 g/mol. The van der Waals surface area contributed by atoms with Crippen molar-refractivity contribution in [2.24, 2.45) is 0 Å². The van der Waals surface area contributed by atoms with Crippen LogP contribution in [0.2, 0.25) is 0 Å². The maximum atomic E-state index is 12.4. The highest BCUT2D eigenvalue weighted by atomic mass is 32.1. The van der Waals surface area contributed by atoms with Gasteiger partial charge >= 0.3 is 11.0 Å². The van der Waals surface area contributed by atoms with Crippen molar-refractivity contribution in [2.45, 2.75) is 26.6 Å². The minimum absolute atomic E-state index is 0.171. The van der Waals surface area contributed by atoms with E-state index in [1.165, 1.54) is 16.7 Å². The Kier molecular flexibility index (Phi) is 4.41. The maximum Gasteiger partial charge on any atom is 0.416 e. The third-order valence-electron chi connectivity index (χ3n) is 3.17. The van der Waals surface area contributed by atoms with Crippen molar-refractivity contribution >= 4 is 22.9 Å². The molecular formula is C14H13F3N2O2S. The van der Waals surface area contributed by atoms with Gasteiger partial charge in [0.1, 0.15) is 6.54 Å². The van der Waals surface area contributed by atoms with Crippen LogP contribution in [-0.4, -0.2) is 10.5 Å². The number of aryl methyl sites for hydroxylation is 1. The second kappa shape index (κ2) is 5.96. The summed E-state index contributed by atoms with van der Waals surface area (Å²) in [4.78, 5) is 24.2. The van der Waals surface area contributed by atoms with Crippen LogP contribution in [-0.2, 0) is 17.5 Å². The van der Waals surface area contributed by atoms with Gasteiger partial charge in [0.25, 0.3) is 0 Å². The number of hydrogen-bond donors (Lipinski definition) is 1. The van der Waals surface area contributed by atoms with Gasteiger partial charge in [-0.05, 0) is 38.1 Å². The summed E-state index contributed by atoms with van der Waals surface area (Å²) in [5, 5.41) is 2.47. The molecule has 1 aromatic heterocycles. The van der Waals surface area contributed by atoms with E-state index in [-0.39, 0.29) is 17.1 Å². The Labute approximate surface area is 128 Å². The van der Waals surface area contributed by atoms with Crippen LogP contribution in [0.1, 0.15) is 16.1 Å². The van der Waals surface area contributed by atoms with Crippen molar-refractivity contribution in [2.75, 3.05) is 5.32 Å². The summed E-state index contributed by atoms with van der Waals surface area (Å²) in [7, 11) is 0. The topological polar surface area (TPSA) is 51.1 Å². The van der Waals surface area contributed by atoms with Crippen molar-refractivity contribution in [1.29, 1.82) is 0 Å². The number of benzene rings is 1. The molecule has 118 valence electrons. The molecule has 4 nitrogen and oxygen atoms in total. The van der Waals surface area contributed by atoms with Crippen LogP contribution in [0.25, 0.3) is 0 Å². The summed E-state index contributed by atoms with van der Waals surface area (Å²) >= 11 is 1.05. The number of nitrogens with zero attached hydrogens (tertiary/aromatic N) is 1. The lowest BCUT2D eigenvalue weighted by Crippen LogP contribution is -2.25. The fourth-order valence-electron chi connectivity index (χ4n) is 1.86. The largest absolute Gasteiger partial charge is 0.416 e. The van der Waals surface area contributed by atoms with Gasteiger partial charge in [-0.2, -0.15) is 13.2 Å². The molecule has 1 amide bonds. The van der Waals surface area contributed by atoms with Crippen LogP contribution in [0.3, 0.4) is 0 Å². The summed E-state index contributed by atoms with van der Waals surface area (Å²) in [6.07, 6.45) is -4.42. The molecule has 0 aliphatic carbocycles. The molecule has 2 rings (SSSR count). The molecule has 0 saturated heterocycles. The Bertz CT molecular complexity index is 745. The fourth-order valence-corrected chi connectivity index (χ4v) is 2.69. The van der Waals surface area contributed by atoms with Gasteiger partial charge < -0.3 is 5.32 Å². The van der Waals surface area contributed by atoms with E-state index in [4.69, 9.17) is 0 Å². The SMILES string of the molecule is Cc1sc(=O)n(CC(=O)Nc2ccc(C(F)(F)F)cc2)c1C. The van der Waals surface area contributed by atoms with E-state index in [0.29, 0.717) is 5.69 Å². The summed E-state index contributed by atoms with van der Waals surface area (Å²) < 4.78 is 38.6. The summed E-state index contributed by atoms with van der Waals surface area (Å²) in [6, 6.07) is 4.13. The molecule has 1 heterocycles. The molecule has 8 heteroatoms. The number of thiazole rings is 1. The molecule has 0 atom stereocenters. The zero-order chi connectivity index (χ0) is 16.5. The maximum absolute atomic E-state index is 12.4. The molecule has 0 radical (unpaired) electrons. The average Bonchev–Trinajstić information content (AvgIpc) is 2.65. The zero-order valence-corrected chi connectivity index (χ0v) is 12.6. The first-order valence-corrected chi connectivity index (χ1v) is 7.14. The predicted octanol–water partition coefficient (Wildman–Crippen LogP) is 3.18. The number of alkyl halides is 3. The number of carbonyl (C=O) groups is 1. The molecule has 22 heavy (non-hydrogen) atoms. The van der Waals surface area contributed by atoms with Crippen LogP contribution in [0, 0.1) is 13.8 Å². The zero-order valence-electron chi connectivity index (χ0n) is 11.8. The van der Waals surface area contributed by atoms with Gasteiger partial charge in [0.05, 0.1) is 5.56 Å². The molecule has 0 unspecified atom stereocenters. The summed E-state index contributed by atoms with van der Waals surface area (Å²) in [6.45, 7) is 3.35. The van der Waals surface area contributed by atoms with Gasteiger partial charge in [-0.1, -0.05) is 11.3 Å². The van der Waals surface area contributed by atoms with Crippen LogP contribution >= 0.6 is 11.3 Å².